The van der Waals surface area contributed by atoms with Crippen LogP contribution in [0, 0.1) is 5.41 Å². The molecule has 0 bridgehead atoms. The molecule has 1 fully saturated rings. The topological polar surface area (TPSA) is 20.3 Å². The van der Waals surface area contributed by atoms with E-state index in [0.717, 1.165) is 18.6 Å². The van der Waals surface area contributed by atoms with E-state index < -0.39 is 11.7 Å². The molecule has 110 valence electrons. The van der Waals surface area contributed by atoms with Crippen LogP contribution in [-0.2, 0) is 11.0 Å². The molecule has 0 spiro atoms. The van der Waals surface area contributed by atoms with E-state index in [2.05, 4.69) is 0 Å². The average molecular weight is 285 g/mol. The second-order valence-corrected chi connectivity index (χ2v) is 6.23. The Kier molecular flexibility index (Phi) is 3.56. The van der Waals surface area contributed by atoms with Gasteiger partial charge in [0.2, 0.25) is 5.91 Å². The standard InChI is InChI=1S/C15H18F3NO/c1-14(2,3)12-8-9-13(20)19(12)11-6-4-10(5-7-11)15(16,17)18/h4-7,12H,8-9H2,1-3H3. The normalized spacial score (nSPS) is 20.6. The Labute approximate surface area is 116 Å². The minimum atomic E-state index is -4.35. The van der Waals surface area contributed by atoms with Crippen LogP contribution in [0.15, 0.2) is 24.3 Å². The summed E-state index contributed by atoms with van der Waals surface area (Å²) in [5.74, 6) is -0.0234. The van der Waals surface area contributed by atoms with Gasteiger partial charge in [-0.1, -0.05) is 20.8 Å². The highest BCUT2D eigenvalue weighted by Gasteiger charge is 2.39. The third kappa shape index (κ3) is 2.81. The lowest BCUT2D eigenvalue weighted by Crippen LogP contribution is -2.41. The molecule has 20 heavy (non-hydrogen) atoms. The van der Waals surface area contributed by atoms with Gasteiger partial charge in [-0.2, -0.15) is 13.2 Å². The monoisotopic (exact) mass is 285 g/mol. The number of amides is 1. The lowest BCUT2D eigenvalue weighted by atomic mass is 9.85. The molecule has 1 amide bonds. The Morgan fingerprint density at radius 2 is 1.65 bits per heavy atom. The molecule has 0 N–H and O–H groups in total. The molecule has 0 aromatic heterocycles. The zero-order chi connectivity index (χ0) is 15.1. The van der Waals surface area contributed by atoms with Crippen molar-refractivity contribution in [1.82, 2.24) is 0 Å². The van der Waals surface area contributed by atoms with Gasteiger partial charge in [0.25, 0.3) is 0 Å². The number of hydrogen-bond acceptors (Lipinski definition) is 1. The van der Waals surface area contributed by atoms with Gasteiger partial charge in [-0.05, 0) is 36.1 Å². The summed E-state index contributed by atoms with van der Waals surface area (Å²) in [6.45, 7) is 6.11. The molecule has 1 aromatic rings. The minimum absolute atomic E-state index is 0.0201. The first-order valence-corrected chi connectivity index (χ1v) is 6.60. The third-order valence-electron chi connectivity index (χ3n) is 3.68. The molecule has 1 atom stereocenters. The zero-order valence-electron chi connectivity index (χ0n) is 11.8. The molecule has 2 nitrogen and oxygen atoms in total. The fraction of sp³-hybridized carbons (Fsp3) is 0.533. The first kappa shape index (κ1) is 14.9. The molecule has 0 aliphatic carbocycles. The molecule has 0 radical (unpaired) electrons. The van der Waals surface area contributed by atoms with Gasteiger partial charge in [0, 0.05) is 18.2 Å². The van der Waals surface area contributed by atoms with Gasteiger partial charge in [0.15, 0.2) is 0 Å². The van der Waals surface area contributed by atoms with Gasteiger partial charge in [0.1, 0.15) is 0 Å². The van der Waals surface area contributed by atoms with Crippen LogP contribution in [0.2, 0.25) is 0 Å². The quantitative estimate of drug-likeness (QED) is 0.755. The molecule has 2 rings (SSSR count). The lowest BCUT2D eigenvalue weighted by Gasteiger charge is -2.35. The maximum atomic E-state index is 12.6. The van der Waals surface area contributed by atoms with Crippen molar-refractivity contribution >= 4 is 11.6 Å². The number of alkyl halides is 3. The summed E-state index contributed by atoms with van der Waals surface area (Å²) in [4.78, 5) is 13.7. The molecular formula is C15H18F3NO. The summed E-state index contributed by atoms with van der Waals surface area (Å²) >= 11 is 0. The Balaban J connectivity index is 2.32. The average Bonchev–Trinajstić information content (AvgIpc) is 2.70. The van der Waals surface area contributed by atoms with E-state index in [1.165, 1.54) is 12.1 Å². The van der Waals surface area contributed by atoms with Crippen molar-refractivity contribution in [2.75, 3.05) is 4.90 Å². The zero-order valence-corrected chi connectivity index (χ0v) is 11.8. The first-order valence-electron chi connectivity index (χ1n) is 6.60. The second-order valence-electron chi connectivity index (χ2n) is 6.23. The predicted molar refractivity (Wildman–Crippen MR) is 71.4 cm³/mol. The number of hydrogen-bond donors (Lipinski definition) is 0. The molecule has 1 saturated heterocycles. The van der Waals surface area contributed by atoms with Crippen LogP contribution in [0.4, 0.5) is 18.9 Å². The second kappa shape index (κ2) is 4.79. The van der Waals surface area contributed by atoms with E-state index >= 15 is 0 Å². The minimum Gasteiger partial charge on any atom is -0.309 e. The van der Waals surface area contributed by atoms with E-state index in [4.69, 9.17) is 0 Å². The van der Waals surface area contributed by atoms with Crippen LogP contribution in [0.5, 0.6) is 0 Å². The summed E-state index contributed by atoms with van der Waals surface area (Å²) in [6.07, 6.45) is -3.16. The van der Waals surface area contributed by atoms with E-state index in [-0.39, 0.29) is 17.4 Å². The number of benzene rings is 1. The maximum absolute atomic E-state index is 12.6. The first-order chi connectivity index (χ1) is 9.10. The highest BCUT2D eigenvalue weighted by atomic mass is 19.4. The number of nitrogens with zero attached hydrogens (tertiary/aromatic N) is 1. The maximum Gasteiger partial charge on any atom is 0.416 e. The molecule has 1 aliphatic rings. The lowest BCUT2D eigenvalue weighted by molar-refractivity contribution is -0.137. The molecule has 1 aliphatic heterocycles. The Bertz CT molecular complexity index is 499. The van der Waals surface area contributed by atoms with Crippen LogP contribution in [0.1, 0.15) is 39.2 Å². The molecule has 1 heterocycles. The van der Waals surface area contributed by atoms with Gasteiger partial charge < -0.3 is 4.90 Å². The van der Waals surface area contributed by atoms with E-state index in [0.29, 0.717) is 12.1 Å². The van der Waals surface area contributed by atoms with Gasteiger partial charge in [-0.3, -0.25) is 4.79 Å². The number of carbonyl (C=O) groups excluding carboxylic acids is 1. The number of anilines is 1. The van der Waals surface area contributed by atoms with Crippen molar-refractivity contribution in [3.8, 4) is 0 Å². The smallest absolute Gasteiger partial charge is 0.309 e. The van der Waals surface area contributed by atoms with Crippen molar-refractivity contribution in [2.45, 2.75) is 45.8 Å². The van der Waals surface area contributed by atoms with Gasteiger partial charge >= 0.3 is 6.18 Å². The predicted octanol–water partition coefficient (Wildman–Crippen LogP) is 4.25. The molecule has 0 saturated carbocycles. The van der Waals surface area contributed by atoms with Crippen LogP contribution >= 0.6 is 0 Å². The summed E-state index contributed by atoms with van der Waals surface area (Å²) < 4.78 is 37.7. The van der Waals surface area contributed by atoms with E-state index in [1.54, 1.807) is 4.90 Å². The van der Waals surface area contributed by atoms with Crippen molar-refractivity contribution in [3.63, 3.8) is 0 Å². The van der Waals surface area contributed by atoms with Gasteiger partial charge in [-0.25, -0.2) is 0 Å². The van der Waals surface area contributed by atoms with Crippen molar-refractivity contribution < 1.29 is 18.0 Å². The summed E-state index contributed by atoms with van der Waals surface area (Å²) in [7, 11) is 0. The van der Waals surface area contributed by atoms with Crippen LogP contribution < -0.4 is 4.90 Å². The Hall–Kier alpha value is -1.52. The molecule has 1 unspecified atom stereocenters. The Morgan fingerprint density at radius 3 is 2.10 bits per heavy atom. The fourth-order valence-corrected chi connectivity index (χ4v) is 2.64. The summed E-state index contributed by atoms with van der Waals surface area (Å²) in [6, 6.07) is 4.84. The molecule has 5 heteroatoms. The van der Waals surface area contributed by atoms with Crippen molar-refractivity contribution in [3.05, 3.63) is 29.8 Å². The number of carbonyl (C=O) groups is 1. The summed E-state index contributed by atoms with van der Waals surface area (Å²) in [5.41, 5.74) is -0.255. The highest BCUT2D eigenvalue weighted by molar-refractivity contribution is 5.96. The fourth-order valence-electron chi connectivity index (χ4n) is 2.64. The van der Waals surface area contributed by atoms with Gasteiger partial charge in [0.05, 0.1) is 5.56 Å². The van der Waals surface area contributed by atoms with E-state index in [9.17, 15) is 18.0 Å². The largest absolute Gasteiger partial charge is 0.416 e. The van der Waals surface area contributed by atoms with Crippen molar-refractivity contribution in [1.29, 1.82) is 0 Å². The van der Waals surface area contributed by atoms with Crippen LogP contribution in [-0.4, -0.2) is 11.9 Å². The Morgan fingerprint density at radius 1 is 1.10 bits per heavy atom. The van der Waals surface area contributed by atoms with Crippen LogP contribution in [0.3, 0.4) is 0 Å². The molecular weight excluding hydrogens is 267 g/mol. The highest BCUT2D eigenvalue weighted by Crippen LogP contribution is 2.38. The molecule has 1 aromatic carbocycles. The van der Waals surface area contributed by atoms with Gasteiger partial charge in [-0.15, -0.1) is 0 Å². The van der Waals surface area contributed by atoms with E-state index in [1.807, 2.05) is 20.8 Å². The SMILES string of the molecule is CC(C)(C)C1CCC(=O)N1c1ccc(C(F)(F)F)cc1. The number of rotatable bonds is 1. The summed E-state index contributed by atoms with van der Waals surface area (Å²) in [5, 5.41) is 0. The number of halogens is 3. The third-order valence-corrected chi connectivity index (χ3v) is 3.68. The van der Waals surface area contributed by atoms with Crippen LogP contribution in [0.25, 0.3) is 0 Å². The van der Waals surface area contributed by atoms with Crippen molar-refractivity contribution in [2.24, 2.45) is 5.41 Å².